The molecule has 2 atom stereocenters. The summed E-state index contributed by atoms with van der Waals surface area (Å²) in [6, 6.07) is 8.40. The fourth-order valence-corrected chi connectivity index (χ4v) is 3.73. The average molecular weight is 314 g/mol. The second-order valence-electron chi connectivity index (χ2n) is 6.27. The number of benzene rings is 1. The van der Waals surface area contributed by atoms with E-state index in [0.29, 0.717) is 24.2 Å². The van der Waals surface area contributed by atoms with Gasteiger partial charge in [0.05, 0.1) is 18.8 Å². The summed E-state index contributed by atoms with van der Waals surface area (Å²) in [6.07, 6.45) is 4.39. The Morgan fingerprint density at radius 2 is 2.09 bits per heavy atom. The fraction of sp³-hybridized carbons (Fsp3) is 0.444. The zero-order valence-electron chi connectivity index (χ0n) is 12.9. The van der Waals surface area contributed by atoms with E-state index in [1.54, 1.807) is 24.3 Å². The summed E-state index contributed by atoms with van der Waals surface area (Å²) in [5, 5.41) is 0.707. The van der Waals surface area contributed by atoms with Crippen molar-refractivity contribution in [3.8, 4) is 0 Å². The van der Waals surface area contributed by atoms with Gasteiger partial charge in [-0.25, -0.2) is 9.37 Å². The first kappa shape index (κ1) is 14.6. The van der Waals surface area contributed by atoms with Crippen molar-refractivity contribution in [3.05, 3.63) is 41.8 Å². The third kappa shape index (κ3) is 2.59. The van der Waals surface area contributed by atoms with E-state index in [-0.39, 0.29) is 23.6 Å². The number of aromatic nitrogens is 1. The lowest BCUT2D eigenvalue weighted by Gasteiger charge is -2.43. The van der Waals surface area contributed by atoms with Crippen molar-refractivity contribution >= 4 is 16.8 Å². The lowest BCUT2D eigenvalue weighted by Crippen LogP contribution is -2.54. The first-order chi connectivity index (χ1) is 11.2. The average Bonchev–Trinajstić information content (AvgIpc) is 2.61. The highest BCUT2D eigenvalue weighted by Crippen LogP contribution is 2.29. The number of halogens is 1. The molecule has 0 bridgehead atoms. The number of nitrogens with zero attached hydrogens (tertiary/aromatic N) is 2. The van der Waals surface area contributed by atoms with Gasteiger partial charge in [-0.1, -0.05) is 31.0 Å². The molecule has 0 radical (unpaired) electrons. The van der Waals surface area contributed by atoms with Gasteiger partial charge in [0.1, 0.15) is 17.0 Å². The van der Waals surface area contributed by atoms with Crippen LogP contribution < -0.4 is 0 Å². The van der Waals surface area contributed by atoms with E-state index in [9.17, 15) is 9.18 Å². The van der Waals surface area contributed by atoms with Crippen molar-refractivity contribution in [2.75, 3.05) is 13.2 Å². The lowest BCUT2D eigenvalue weighted by atomic mass is 9.90. The Bertz CT molecular complexity index is 747. The van der Waals surface area contributed by atoms with Crippen molar-refractivity contribution in [2.45, 2.75) is 37.8 Å². The second-order valence-corrected chi connectivity index (χ2v) is 6.27. The molecular formula is C18H19FN2O2. The van der Waals surface area contributed by atoms with Gasteiger partial charge in [-0.3, -0.25) is 4.79 Å². The number of rotatable bonds is 1. The van der Waals surface area contributed by atoms with Crippen LogP contribution in [-0.2, 0) is 4.74 Å². The lowest BCUT2D eigenvalue weighted by molar-refractivity contribution is -0.0754. The molecule has 0 unspecified atom stereocenters. The van der Waals surface area contributed by atoms with Crippen LogP contribution >= 0.6 is 0 Å². The zero-order chi connectivity index (χ0) is 15.8. The molecule has 2 heterocycles. The van der Waals surface area contributed by atoms with Gasteiger partial charge < -0.3 is 9.64 Å². The number of hydrogen-bond acceptors (Lipinski definition) is 3. The maximum atomic E-state index is 13.9. The summed E-state index contributed by atoms with van der Waals surface area (Å²) in [5.74, 6) is -0.509. The molecule has 2 aliphatic rings. The second kappa shape index (κ2) is 5.89. The summed E-state index contributed by atoms with van der Waals surface area (Å²) in [7, 11) is 0. The van der Waals surface area contributed by atoms with Crippen LogP contribution in [0, 0.1) is 5.82 Å². The molecule has 1 amide bonds. The summed E-state index contributed by atoms with van der Waals surface area (Å²) < 4.78 is 19.7. The number of hydrogen-bond donors (Lipinski definition) is 0. The minimum Gasteiger partial charge on any atom is -0.374 e. The van der Waals surface area contributed by atoms with Gasteiger partial charge in [0.2, 0.25) is 0 Å². The Labute approximate surface area is 134 Å². The van der Waals surface area contributed by atoms with E-state index in [4.69, 9.17) is 4.74 Å². The van der Waals surface area contributed by atoms with E-state index in [1.165, 1.54) is 6.07 Å². The normalized spacial score (nSPS) is 24.5. The number of pyridine rings is 1. The molecule has 4 nitrogen and oxygen atoms in total. The summed E-state index contributed by atoms with van der Waals surface area (Å²) in [6.45, 7) is 1.14. The molecule has 1 aromatic carbocycles. The van der Waals surface area contributed by atoms with Crippen molar-refractivity contribution in [3.63, 3.8) is 0 Å². The van der Waals surface area contributed by atoms with Gasteiger partial charge in [0.25, 0.3) is 5.91 Å². The van der Waals surface area contributed by atoms with Crippen LogP contribution in [0.3, 0.4) is 0 Å². The minimum absolute atomic E-state index is 0.115. The summed E-state index contributed by atoms with van der Waals surface area (Å²) in [4.78, 5) is 19.1. The van der Waals surface area contributed by atoms with Crippen LogP contribution in [0.25, 0.3) is 10.9 Å². The molecule has 0 spiro atoms. The van der Waals surface area contributed by atoms with E-state index >= 15 is 0 Å². The molecule has 23 heavy (non-hydrogen) atoms. The van der Waals surface area contributed by atoms with Crippen molar-refractivity contribution in [1.82, 2.24) is 9.88 Å². The molecule has 2 fully saturated rings. The van der Waals surface area contributed by atoms with E-state index in [0.717, 1.165) is 25.7 Å². The highest BCUT2D eigenvalue weighted by Gasteiger charge is 2.37. The smallest absolute Gasteiger partial charge is 0.272 e. The molecule has 0 N–H and O–H groups in total. The van der Waals surface area contributed by atoms with Crippen LogP contribution in [0.4, 0.5) is 4.39 Å². The first-order valence-corrected chi connectivity index (χ1v) is 8.22. The Balaban J connectivity index is 1.66. The predicted molar refractivity (Wildman–Crippen MR) is 84.7 cm³/mol. The van der Waals surface area contributed by atoms with Crippen LogP contribution in [0.5, 0.6) is 0 Å². The van der Waals surface area contributed by atoms with Crippen LogP contribution in [-0.4, -0.2) is 41.1 Å². The molecule has 1 aliphatic heterocycles. The van der Waals surface area contributed by atoms with Gasteiger partial charge in [0, 0.05) is 11.9 Å². The standard InChI is InChI=1S/C18H19FN2O2/c19-13-5-3-4-12-8-9-14(20-17(12)13)18(22)21-10-11-23-16-7-2-1-6-15(16)21/h3-5,8-9,15-16H,1-2,6-7,10-11H2/t15-,16-/m1/s1. The molecule has 1 saturated heterocycles. The predicted octanol–water partition coefficient (Wildman–Crippen LogP) is 3.16. The number of amides is 1. The quantitative estimate of drug-likeness (QED) is 0.812. The molecular weight excluding hydrogens is 295 g/mol. The third-order valence-electron chi connectivity index (χ3n) is 4.88. The maximum absolute atomic E-state index is 13.9. The monoisotopic (exact) mass is 314 g/mol. The van der Waals surface area contributed by atoms with Gasteiger partial charge in [-0.2, -0.15) is 0 Å². The Hall–Kier alpha value is -2.01. The van der Waals surface area contributed by atoms with Crippen molar-refractivity contribution in [2.24, 2.45) is 0 Å². The number of fused-ring (bicyclic) bond motifs is 2. The van der Waals surface area contributed by atoms with Crippen LogP contribution in [0.1, 0.15) is 36.2 Å². The van der Waals surface area contributed by atoms with Gasteiger partial charge in [0.15, 0.2) is 0 Å². The number of carbonyl (C=O) groups is 1. The Morgan fingerprint density at radius 1 is 1.22 bits per heavy atom. The Morgan fingerprint density at radius 3 is 3.00 bits per heavy atom. The van der Waals surface area contributed by atoms with Crippen molar-refractivity contribution in [1.29, 1.82) is 0 Å². The topological polar surface area (TPSA) is 42.4 Å². The molecule has 1 aromatic heterocycles. The third-order valence-corrected chi connectivity index (χ3v) is 4.88. The molecule has 1 saturated carbocycles. The first-order valence-electron chi connectivity index (χ1n) is 8.22. The SMILES string of the molecule is O=C(c1ccc2cccc(F)c2n1)N1CCO[C@@H]2CCCC[C@H]21. The highest BCUT2D eigenvalue weighted by molar-refractivity contribution is 5.95. The van der Waals surface area contributed by atoms with E-state index in [2.05, 4.69) is 4.98 Å². The highest BCUT2D eigenvalue weighted by atomic mass is 19.1. The summed E-state index contributed by atoms with van der Waals surface area (Å²) >= 11 is 0. The minimum atomic E-state index is -0.394. The largest absolute Gasteiger partial charge is 0.374 e. The van der Waals surface area contributed by atoms with E-state index in [1.807, 2.05) is 4.90 Å². The van der Waals surface area contributed by atoms with Gasteiger partial charge in [-0.15, -0.1) is 0 Å². The Kier molecular flexibility index (Phi) is 3.73. The number of para-hydroxylation sites is 1. The molecule has 5 heteroatoms. The van der Waals surface area contributed by atoms with Crippen molar-refractivity contribution < 1.29 is 13.9 Å². The molecule has 1 aliphatic carbocycles. The van der Waals surface area contributed by atoms with Crippen LogP contribution in [0.2, 0.25) is 0 Å². The maximum Gasteiger partial charge on any atom is 0.272 e. The van der Waals surface area contributed by atoms with Gasteiger partial charge in [-0.05, 0) is 25.0 Å². The number of ether oxygens (including phenoxy) is 1. The zero-order valence-corrected chi connectivity index (χ0v) is 12.9. The van der Waals surface area contributed by atoms with Gasteiger partial charge >= 0.3 is 0 Å². The van der Waals surface area contributed by atoms with E-state index < -0.39 is 5.82 Å². The molecule has 120 valence electrons. The number of carbonyl (C=O) groups excluding carboxylic acids is 1. The molecule has 2 aromatic rings. The summed E-state index contributed by atoms with van der Waals surface area (Å²) in [5.41, 5.74) is 0.570. The molecule has 4 rings (SSSR count). The fourth-order valence-electron chi connectivity index (χ4n) is 3.73. The number of morpholine rings is 1. The van der Waals surface area contributed by atoms with Crippen LogP contribution in [0.15, 0.2) is 30.3 Å².